The van der Waals surface area contributed by atoms with Crippen molar-refractivity contribution in [2.24, 2.45) is 10.4 Å². The first kappa shape index (κ1) is 48.0. The molecule has 0 radical (unpaired) electrons. The highest BCUT2D eigenvalue weighted by Gasteiger charge is 2.19. The molecule has 0 amide bonds. The average molecular weight is 865 g/mol. The van der Waals surface area contributed by atoms with Crippen LogP contribution >= 0.6 is 22.7 Å². The van der Waals surface area contributed by atoms with Crippen molar-refractivity contribution in [2.75, 3.05) is 0 Å². The molecule has 9 rings (SSSR count). The molecule has 0 atom stereocenters. The lowest BCUT2D eigenvalue weighted by atomic mass is 9.91. The van der Waals surface area contributed by atoms with Gasteiger partial charge in [-0.25, -0.2) is 4.98 Å². The van der Waals surface area contributed by atoms with Crippen molar-refractivity contribution >= 4 is 65.3 Å². The van der Waals surface area contributed by atoms with Gasteiger partial charge in [-0.3, -0.25) is 19.9 Å². The minimum atomic E-state index is 0.129. The van der Waals surface area contributed by atoms with Crippen LogP contribution in [0.15, 0.2) is 131 Å². The monoisotopic (exact) mass is 864 g/mol. The number of pyridine rings is 3. The van der Waals surface area contributed by atoms with Gasteiger partial charge in [0.25, 0.3) is 0 Å². The quantitative estimate of drug-likeness (QED) is 0.152. The molecule has 6 nitrogen and oxygen atoms in total. The molecule has 326 valence electrons. The van der Waals surface area contributed by atoms with E-state index in [4.69, 9.17) is 0 Å². The molecule has 0 saturated heterocycles. The zero-order valence-electron chi connectivity index (χ0n) is 39.8. The Kier molecular flexibility index (Phi) is 15.1. The van der Waals surface area contributed by atoms with Gasteiger partial charge in [0.05, 0.1) is 11.0 Å². The number of fused-ring (bicyclic) bond motifs is 4. The van der Waals surface area contributed by atoms with E-state index in [0.29, 0.717) is 0 Å². The van der Waals surface area contributed by atoms with Crippen molar-refractivity contribution in [3.05, 3.63) is 149 Å². The van der Waals surface area contributed by atoms with Gasteiger partial charge in [0.15, 0.2) is 0 Å². The predicted octanol–water partition coefficient (Wildman–Crippen LogP) is 15.7. The second-order valence-corrected chi connectivity index (χ2v) is 22.9. The van der Waals surface area contributed by atoms with Crippen LogP contribution in [0.3, 0.4) is 0 Å². The van der Waals surface area contributed by atoms with Crippen molar-refractivity contribution < 1.29 is 0 Å². The predicted molar refractivity (Wildman–Crippen MR) is 272 cm³/mol. The van der Waals surface area contributed by atoms with Crippen LogP contribution in [-0.2, 0) is 21.7 Å². The third-order valence-corrected chi connectivity index (χ3v) is 12.0. The third-order valence-electron chi connectivity index (χ3n) is 10.2. The summed E-state index contributed by atoms with van der Waals surface area (Å²) in [5.74, 6) is 0. The number of thiophene rings is 2. The van der Waals surface area contributed by atoms with Crippen LogP contribution in [0, 0.1) is 5.41 Å². The summed E-state index contributed by atoms with van der Waals surface area (Å²) in [7, 11) is 0. The Hall–Kier alpha value is -5.05. The normalized spacial score (nSPS) is 13.0. The maximum Gasteiger partial charge on any atom is 0.0994 e. The third kappa shape index (κ3) is 13.5. The Balaban J connectivity index is 0.000000147. The first-order valence-electron chi connectivity index (χ1n) is 21.6. The lowest BCUT2D eigenvalue weighted by Gasteiger charge is -2.17. The van der Waals surface area contributed by atoms with E-state index in [9.17, 15) is 0 Å². The summed E-state index contributed by atoms with van der Waals surface area (Å²) >= 11 is 3.52. The molecule has 8 heterocycles. The van der Waals surface area contributed by atoms with E-state index in [1.807, 2.05) is 53.9 Å². The first-order chi connectivity index (χ1) is 28.9. The van der Waals surface area contributed by atoms with E-state index >= 15 is 0 Å². The summed E-state index contributed by atoms with van der Waals surface area (Å²) in [6.07, 6.45) is 14.9. The number of rotatable bonds is 0. The fourth-order valence-electron chi connectivity index (χ4n) is 6.25. The highest BCUT2D eigenvalue weighted by molar-refractivity contribution is 7.17. The van der Waals surface area contributed by atoms with Gasteiger partial charge in [-0.05, 0) is 70.1 Å². The number of aliphatic imine (C=N–C) groups is 1. The molecular weight excluding hydrogens is 797 g/mol. The molecule has 8 aromatic rings. The van der Waals surface area contributed by atoms with E-state index in [0.717, 1.165) is 17.8 Å². The second-order valence-electron chi connectivity index (χ2n) is 21.0. The minimum Gasteiger partial charge on any atom is -0.308 e. The largest absolute Gasteiger partial charge is 0.308 e. The van der Waals surface area contributed by atoms with E-state index in [2.05, 4.69) is 206 Å². The van der Waals surface area contributed by atoms with E-state index < -0.39 is 0 Å². The van der Waals surface area contributed by atoms with Crippen LogP contribution in [0.2, 0.25) is 0 Å². The molecule has 1 aromatic carbocycles. The van der Waals surface area contributed by atoms with Crippen LogP contribution < -0.4 is 0 Å². The van der Waals surface area contributed by atoms with Crippen molar-refractivity contribution in [1.82, 2.24) is 24.3 Å². The fourth-order valence-corrected chi connectivity index (χ4v) is 7.79. The number of allylic oxidation sites excluding steroid dienone is 2. The number of aromatic nitrogens is 5. The second kappa shape index (κ2) is 19.6. The van der Waals surface area contributed by atoms with Crippen molar-refractivity contribution in [2.45, 2.75) is 132 Å². The maximum absolute atomic E-state index is 4.48. The van der Waals surface area contributed by atoms with Crippen LogP contribution in [0.1, 0.15) is 133 Å². The van der Waals surface area contributed by atoms with Gasteiger partial charge in [-0.1, -0.05) is 134 Å². The van der Waals surface area contributed by atoms with Crippen LogP contribution in [0.4, 0.5) is 0 Å². The molecule has 0 aliphatic carbocycles. The number of hydrogen-bond acceptors (Lipinski definition) is 7. The average Bonchev–Trinajstić information content (AvgIpc) is 4.04. The summed E-state index contributed by atoms with van der Waals surface area (Å²) in [5.41, 5.74) is 7.86. The van der Waals surface area contributed by atoms with Crippen LogP contribution in [0.25, 0.3) is 36.5 Å². The van der Waals surface area contributed by atoms with Crippen molar-refractivity contribution in [1.29, 1.82) is 0 Å². The lowest BCUT2D eigenvalue weighted by Crippen LogP contribution is -2.13. The highest BCUT2D eigenvalue weighted by Crippen LogP contribution is 2.30. The van der Waals surface area contributed by atoms with Crippen LogP contribution in [-0.4, -0.2) is 30.6 Å². The van der Waals surface area contributed by atoms with Gasteiger partial charge in [-0.2, -0.15) is 0 Å². The maximum atomic E-state index is 4.48. The molecule has 62 heavy (non-hydrogen) atoms. The molecule has 8 heteroatoms. The molecule has 0 N–H and O–H groups in total. The summed E-state index contributed by atoms with van der Waals surface area (Å²) < 4.78 is 4.63. The smallest absolute Gasteiger partial charge is 0.0994 e. The molecule has 7 aromatic heterocycles. The number of benzene rings is 1. The van der Waals surface area contributed by atoms with Crippen LogP contribution in [0.5, 0.6) is 0 Å². The first-order valence-corrected chi connectivity index (χ1v) is 23.3. The van der Waals surface area contributed by atoms with Crippen molar-refractivity contribution in [3.63, 3.8) is 0 Å². The zero-order valence-corrected chi connectivity index (χ0v) is 41.5. The molecule has 1 aliphatic rings. The van der Waals surface area contributed by atoms with E-state index in [1.54, 1.807) is 22.7 Å². The molecular formula is C54H68N6S2. The Labute approximate surface area is 379 Å². The van der Waals surface area contributed by atoms with Gasteiger partial charge < -0.3 is 4.40 Å². The van der Waals surface area contributed by atoms with Gasteiger partial charge in [0.1, 0.15) is 0 Å². The van der Waals surface area contributed by atoms with E-state index in [-0.39, 0.29) is 27.1 Å². The molecule has 0 fully saturated rings. The van der Waals surface area contributed by atoms with Crippen molar-refractivity contribution in [3.8, 4) is 0 Å². The lowest BCUT2D eigenvalue weighted by molar-refractivity contribution is 0.500. The summed E-state index contributed by atoms with van der Waals surface area (Å²) in [4.78, 5) is 22.1. The van der Waals surface area contributed by atoms with Gasteiger partial charge in [0, 0.05) is 114 Å². The number of nitrogens with zero attached hydrogens (tertiary/aromatic N) is 6. The molecule has 1 aliphatic heterocycles. The Bertz CT molecular complexity index is 2550. The van der Waals surface area contributed by atoms with E-state index in [1.165, 1.54) is 53.5 Å². The standard InChI is InChI=1S/C13H15N.C11H14N2.2C11H13NS.C8H13N/c1-13(2,3)12-8-10-6-4-5-7-11(10)9-14-12;1-11(2,3)10-7-9-5-4-6-13(9)8-12-10;1-11(2,3)10-6-9-8(7-12-10)4-5-13-9;1-11(2,3)10-6-8-4-5-13-9(8)7-12-10;1-8(2,3)7-5-4-6-9-7/h4-9H,1-3H3;4-8H,1-3H3;2*4-7H,1-3H3;5-6H,4H2,1-3H3. The molecule has 0 unspecified atom stereocenters. The molecule has 0 bridgehead atoms. The summed E-state index contributed by atoms with van der Waals surface area (Å²) in [6.45, 7) is 32.8. The van der Waals surface area contributed by atoms with Gasteiger partial charge in [0.2, 0.25) is 0 Å². The summed E-state index contributed by atoms with van der Waals surface area (Å²) in [6, 6.07) is 25.4. The summed E-state index contributed by atoms with van der Waals surface area (Å²) in [5, 5.41) is 9.26. The SMILES string of the molecule is CC(C)(C)C1=CCC=N1.CC(C)(C)c1cc2ccccc2cn1.CC(C)(C)c1cc2cccn2cn1.CC(C)(C)c1cc2ccsc2cn1.CC(C)(C)c1cc2sccc2cn1. The van der Waals surface area contributed by atoms with Gasteiger partial charge in [-0.15, -0.1) is 22.7 Å². The Morgan fingerprint density at radius 1 is 0.468 bits per heavy atom. The minimum absolute atomic E-state index is 0.129. The number of hydrogen-bond donors (Lipinski definition) is 0. The fraction of sp³-hybridized carbons (Fsp3) is 0.389. The zero-order chi connectivity index (χ0) is 45.5. The highest BCUT2D eigenvalue weighted by atomic mass is 32.1. The Morgan fingerprint density at radius 2 is 0.984 bits per heavy atom. The molecule has 0 saturated carbocycles. The van der Waals surface area contributed by atoms with Gasteiger partial charge >= 0.3 is 0 Å². The topological polar surface area (TPSA) is 68.3 Å². The molecule has 0 spiro atoms. The Morgan fingerprint density at radius 3 is 1.55 bits per heavy atom.